The van der Waals surface area contributed by atoms with E-state index >= 15 is 0 Å². The molecule has 91 valence electrons. The topological polar surface area (TPSA) is 23.6 Å². The van der Waals surface area contributed by atoms with Crippen molar-refractivity contribution in [3.05, 3.63) is 5.92 Å². The van der Waals surface area contributed by atoms with E-state index in [1.165, 1.54) is 12.2 Å². The summed E-state index contributed by atoms with van der Waals surface area (Å²) in [6.45, 7) is 11.0. The lowest BCUT2D eigenvalue weighted by Crippen LogP contribution is -2.57. The van der Waals surface area contributed by atoms with Crippen LogP contribution in [0.5, 0.6) is 0 Å². The first-order valence-electron chi connectivity index (χ1n) is 6.32. The SMILES string of the molecule is C[C](C)CN1CCN(C2(C=O)CC2)[C@H](C)C1. The van der Waals surface area contributed by atoms with E-state index in [9.17, 15) is 4.79 Å². The molecule has 0 aromatic heterocycles. The number of hydrogen-bond acceptors (Lipinski definition) is 3. The fraction of sp³-hybridized carbons (Fsp3) is 0.846. The number of rotatable bonds is 4. The van der Waals surface area contributed by atoms with E-state index in [2.05, 4.69) is 30.6 Å². The number of hydrogen-bond donors (Lipinski definition) is 0. The number of aldehydes is 1. The zero-order valence-electron chi connectivity index (χ0n) is 10.7. The van der Waals surface area contributed by atoms with Gasteiger partial charge in [-0.05, 0) is 25.7 Å². The van der Waals surface area contributed by atoms with Crippen LogP contribution >= 0.6 is 0 Å². The van der Waals surface area contributed by atoms with E-state index in [0.29, 0.717) is 6.04 Å². The van der Waals surface area contributed by atoms with E-state index in [1.54, 1.807) is 0 Å². The third kappa shape index (κ3) is 2.30. The Labute approximate surface area is 98.8 Å². The second-order valence-electron chi connectivity index (χ2n) is 5.71. The van der Waals surface area contributed by atoms with Crippen LogP contribution in [0.3, 0.4) is 0 Å². The van der Waals surface area contributed by atoms with E-state index in [0.717, 1.165) is 39.0 Å². The Morgan fingerprint density at radius 1 is 1.38 bits per heavy atom. The van der Waals surface area contributed by atoms with Crippen LogP contribution in [0.25, 0.3) is 0 Å². The Hall–Kier alpha value is -0.410. The molecule has 0 amide bonds. The van der Waals surface area contributed by atoms with Crippen molar-refractivity contribution in [1.29, 1.82) is 0 Å². The summed E-state index contributed by atoms with van der Waals surface area (Å²) in [5.74, 6) is 1.47. The number of carbonyl (C=O) groups is 1. The van der Waals surface area contributed by atoms with E-state index in [1.807, 2.05) is 0 Å². The van der Waals surface area contributed by atoms with Gasteiger partial charge in [-0.2, -0.15) is 0 Å². The molecule has 3 heteroatoms. The van der Waals surface area contributed by atoms with Crippen LogP contribution in [-0.4, -0.2) is 53.8 Å². The minimum absolute atomic E-state index is 0.0729. The summed E-state index contributed by atoms with van der Waals surface area (Å²) in [4.78, 5) is 16.0. The van der Waals surface area contributed by atoms with Gasteiger partial charge in [0.2, 0.25) is 0 Å². The summed E-state index contributed by atoms with van der Waals surface area (Å²) in [5.41, 5.74) is -0.0729. The fourth-order valence-corrected chi connectivity index (χ4v) is 2.89. The summed E-state index contributed by atoms with van der Waals surface area (Å²) in [5, 5.41) is 0. The molecule has 2 rings (SSSR count). The molecule has 1 heterocycles. The van der Waals surface area contributed by atoms with Gasteiger partial charge in [0, 0.05) is 32.2 Å². The van der Waals surface area contributed by atoms with Crippen molar-refractivity contribution in [2.75, 3.05) is 26.2 Å². The Balaban J connectivity index is 1.90. The van der Waals surface area contributed by atoms with Crippen molar-refractivity contribution in [2.45, 2.75) is 45.2 Å². The third-order valence-electron chi connectivity index (χ3n) is 3.81. The van der Waals surface area contributed by atoms with Crippen molar-refractivity contribution in [1.82, 2.24) is 9.80 Å². The molecule has 0 aromatic rings. The quantitative estimate of drug-likeness (QED) is 0.672. The normalized spacial score (nSPS) is 30.6. The van der Waals surface area contributed by atoms with Crippen LogP contribution < -0.4 is 0 Å². The fourth-order valence-electron chi connectivity index (χ4n) is 2.89. The van der Waals surface area contributed by atoms with Gasteiger partial charge in [-0.3, -0.25) is 9.80 Å². The maximum absolute atomic E-state index is 11.1. The maximum Gasteiger partial charge on any atom is 0.140 e. The van der Waals surface area contributed by atoms with Gasteiger partial charge in [0.1, 0.15) is 6.29 Å². The lowest BCUT2D eigenvalue weighted by Gasteiger charge is -2.43. The first kappa shape index (κ1) is 12.1. The molecule has 1 aliphatic heterocycles. The highest BCUT2D eigenvalue weighted by molar-refractivity contribution is 5.69. The lowest BCUT2D eigenvalue weighted by atomic mass is 10.1. The minimum Gasteiger partial charge on any atom is -0.301 e. The van der Waals surface area contributed by atoms with E-state index in [-0.39, 0.29) is 5.54 Å². The monoisotopic (exact) mass is 223 g/mol. The molecule has 1 radical (unpaired) electrons. The van der Waals surface area contributed by atoms with Crippen LogP contribution in [0.1, 0.15) is 33.6 Å². The largest absolute Gasteiger partial charge is 0.301 e. The molecule has 2 aliphatic rings. The Morgan fingerprint density at radius 2 is 2.06 bits per heavy atom. The maximum atomic E-state index is 11.1. The molecule has 2 fully saturated rings. The molecule has 3 nitrogen and oxygen atoms in total. The average Bonchev–Trinajstić information content (AvgIpc) is 2.97. The van der Waals surface area contributed by atoms with Gasteiger partial charge in [-0.25, -0.2) is 0 Å². The van der Waals surface area contributed by atoms with Gasteiger partial charge in [-0.15, -0.1) is 0 Å². The molecule has 1 saturated heterocycles. The van der Waals surface area contributed by atoms with Gasteiger partial charge < -0.3 is 4.79 Å². The van der Waals surface area contributed by atoms with E-state index in [4.69, 9.17) is 0 Å². The van der Waals surface area contributed by atoms with Crippen LogP contribution in [0, 0.1) is 5.92 Å². The highest BCUT2D eigenvalue weighted by atomic mass is 16.1. The first-order valence-corrected chi connectivity index (χ1v) is 6.32. The van der Waals surface area contributed by atoms with Crippen LogP contribution in [0.2, 0.25) is 0 Å². The highest BCUT2D eigenvalue weighted by Gasteiger charge is 2.50. The van der Waals surface area contributed by atoms with Crippen molar-refractivity contribution in [3.8, 4) is 0 Å². The molecular weight excluding hydrogens is 200 g/mol. The van der Waals surface area contributed by atoms with Crippen molar-refractivity contribution < 1.29 is 4.79 Å². The molecule has 0 unspecified atom stereocenters. The van der Waals surface area contributed by atoms with Crippen LogP contribution in [-0.2, 0) is 4.79 Å². The number of piperazine rings is 1. The summed E-state index contributed by atoms with van der Waals surface area (Å²) >= 11 is 0. The lowest BCUT2D eigenvalue weighted by molar-refractivity contribution is -0.116. The number of nitrogens with zero attached hydrogens (tertiary/aromatic N) is 2. The molecule has 0 N–H and O–H groups in total. The minimum atomic E-state index is -0.0729. The van der Waals surface area contributed by atoms with Crippen molar-refractivity contribution in [2.24, 2.45) is 0 Å². The molecule has 0 aromatic carbocycles. The molecule has 1 aliphatic carbocycles. The highest BCUT2D eigenvalue weighted by Crippen LogP contribution is 2.41. The molecular formula is C13H23N2O. The van der Waals surface area contributed by atoms with Gasteiger partial charge in [0.05, 0.1) is 5.54 Å². The molecule has 1 atom stereocenters. The average molecular weight is 223 g/mol. The summed E-state index contributed by atoms with van der Waals surface area (Å²) < 4.78 is 0. The predicted octanol–water partition coefficient (Wildman–Crippen LogP) is 1.34. The predicted molar refractivity (Wildman–Crippen MR) is 65.2 cm³/mol. The van der Waals surface area contributed by atoms with Gasteiger partial charge in [-0.1, -0.05) is 13.8 Å². The molecule has 0 spiro atoms. The molecule has 0 bridgehead atoms. The van der Waals surface area contributed by atoms with Crippen molar-refractivity contribution >= 4 is 6.29 Å². The van der Waals surface area contributed by atoms with Gasteiger partial charge >= 0.3 is 0 Å². The third-order valence-corrected chi connectivity index (χ3v) is 3.81. The van der Waals surface area contributed by atoms with E-state index < -0.39 is 0 Å². The van der Waals surface area contributed by atoms with Gasteiger partial charge in [0.15, 0.2) is 0 Å². The first-order chi connectivity index (χ1) is 7.57. The summed E-state index contributed by atoms with van der Waals surface area (Å²) in [6, 6.07) is 0.515. The Bertz CT molecular complexity index is 261. The van der Waals surface area contributed by atoms with Gasteiger partial charge in [0.25, 0.3) is 0 Å². The second-order valence-corrected chi connectivity index (χ2v) is 5.71. The van der Waals surface area contributed by atoms with Crippen LogP contribution in [0.15, 0.2) is 0 Å². The Kier molecular flexibility index (Phi) is 3.36. The van der Waals surface area contributed by atoms with Crippen molar-refractivity contribution in [3.63, 3.8) is 0 Å². The van der Waals surface area contributed by atoms with Crippen LogP contribution in [0.4, 0.5) is 0 Å². The molecule has 16 heavy (non-hydrogen) atoms. The standard InChI is InChI=1S/C13H23N2O/c1-11(2)8-14-6-7-15(12(3)9-14)13(10-16)4-5-13/h10,12H,4-9H2,1-3H3/t12-/m1/s1. The molecule has 1 saturated carbocycles. The zero-order chi connectivity index (χ0) is 11.8. The summed E-state index contributed by atoms with van der Waals surface area (Å²) in [7, 11) is 0. The zero-order valence-corrected chi connectivity index (χ0v) is 10.7. The summed E-state index contributed by atoms with van der Waals surface area (Å²) in [6.07, 6.45) is 3.32. The second kappa shape index (κ2) is 4.46. The Morgan fingerprint density at radius 3 is 2.50 bits per heavy atom. The smallest absolute Gasteiger partial charge is 0.140 e. The number of carbonyl (C=O) groups excluding carboxylic acids is 1.